The molecule has 0 aromatic carbocycles. The van der Waals surface area contributed by atoms with Crippen molar-refractivity contribution in [2.75, 3.05) is 49.1 Å². The van der Waals surface area contributed by atoms with Gasteiger partial charge in [-0.05, 0) is 31.4 Å². The lowest BCUT2D eigenvalue weighted by Crippen LogP contribution is -2.46. The maximum atomic E-state index is 4.86. The van der Waals surface area contributed by atoms with Crippen molar-refractivity contribution in [2.24, 2.45) is 0 Å². The van der Waals surface area contributed by atoms with Crippen LogP contribution >= 0.6 is 0 Å². The molecule has 0 amide bonds. The Hall–Kier alpha value is -2.21. The van der Waals surface area contributed by atoms with Crippen molar-refractivity contribution in [1.29, 1.82) is 0 Å². The van der Waals surface area contributed by atoms with E-state index in [1.165, 1.54) is 18.4 Å². The Morgan fingerprint density at radius 3 is 2.48 bits per heavy atom. The highest BCUT2D eigenvalue weighted by molar-refractivity contribution is 5.46. The van der Waals surface area contributed by atoms with Gasteiger partial charge in [0, 0.05) is 70.0 Å². The summed E-state index contributed by atoms with van der Waals surface area (Å²) in [6.07, 6.45) is 6.29. The summed E-state index contributed by atoms with van der Waals surface area (Å²) in [7, 11) is 0. The molecule has 0 saturated carbocycles. The second-order valence-electron chi connectivity index (χ2n) is 6.99. The number of pyridine rings is 1. The van der Waals surface area contributed by atoms with Crippen LogP contribution in [-0.4, -0.2) is 59.1 Å². The summed E-state index contributed by atoms with van der Waals surface area (Å²) in [4.78, 5) is 20.9. The molecule has 2 saturated heterocycles. The van der Waals surface area contributed by atoms with Crippen LogP contribution in [0.1, 0.15) is 24.1 Å². The van der Waals surface area contributed by atoms with Gasteiger partial charge in [-0.3, -0.25) is 9.88 Å². The Labute approximate surface area is 149 Å². The SMILES string of the molecule is Cc1cc(N2CCN(Cc3cccnc3)CC2)nc(N2CCCC2)n1. The second kappa shape index (κ2) is 7.35. The summed E-state index contributed by atoms with van der Waals surface area (Å²) in [6.45, 7) is 9.34. The zero-order valence-corrected chi connectivity index (χ0v) is 14.9. The van der Waals surface area contributed by atoms with Gasteiger partial charge in [-0.25, -0.2) is 4.98 Å². The lowest BCUT2D eigenvalue weighted by atomic mass is 10.2. The molecule has 0 atom stereocenters. The Bertz CT molecular complexity index is 690. The maximum absolute atomic E-state index is 4.86. The zero-order valence-electron chi connectivity index (χ0n) is 14.9. The molecule has 6 heteroatoms. The van der Waals surface area contributed by atoms with Gasteiger partial charge in [0.1, 0.15) is 5.82 Å². The fraction of sp³-hybridized carbons (Fsp3) is 0.526. The predicted octanol–water partition coefficient (Wildman–Crippen LogP) is 2.10. The van der Waals surface area contributed by atoms with E-state index in [-0.39, 0.29) is 0 Å². The van der Waals surface area contributed by atoms with Gasteiger partial charge >= 0.3 is 0 Å². The molecule has 2 aromatic rings. The average Bonchev–Trinajstić information content (AvgIpc) is 3.17. The van der Waals surface area contributed by atoms with E-state index >= 15 is 0 Å². The average molecular weight is 338 g/mol. The molecule has 2 fully saturated rings. The molecule has 4 heterocycles. The van der Waals surface area contributed by atoms with Crippen LogP contribution in [0.5, 0.6) is 0 Å². The molecular weight excluding hydrogens is 312 g/mol. The standard InChI is InChI=1S/C19H26N6/c1-16-13-18(22-19(21-16)25-7-2-3-8-25)24-11-9-23(10-12-24)15-17-5-4-6-20-14-17/h4-6,13-14H,2-3,7-12,15H2,1H3. The zero-order chi connectivity index (χ0) is 17.1. The Kier molecular flexibility index (Phi) is 4.78. The van der Waals surface area contributed by atoms with Crippen molar-refractivity contribution in [1.82, 2.24) is 19.9 Å². The molecule has 6 nitrogen and oxygen atoms in total. The number of hydrogen-bond donors (Lipinski definition) is 0. The number of hydrogen-bond acceptors (Lipinski definition) is 6. The quantitative estimate of drug-likeness (QED) is 0.851. The third kappa shape index (κ3) is 3.90. The molecule has 4 rings (SSSR count). The number of anilines is 2. The Morgan fingerprint density at radius 1 is 0.960 bits per heavy atom. The first kappa shape index (κ1) is 16.3. The number of nitrogens with zero attached hydrogens (tertiary/aromatic N) is 6. The number of aromatic nitrogens is 3. The minimum Gasteiger partial charge on any atom is -0.354 e. The van der Waals surface area contributed by atoms with Crippen molar-refractivity contribution >= 4 is 11.8 Å². The fourth-order valence-electron chi connectivity index (χ4n) is 3.64. The smallest absolute Gasteiger partial charge is 0.227 e. The first-order valence-corrected chi connectivity index (χ1v) is 9.25. The molecule has 0 radical (unpaired) electrons. The third-order valence-electron chi connectivity index (χ3n) is 5.04. The van der Waals surface area contributed by atoms with E-state index in [0.717, 1.165) is 63.3 Å². The molecule has 132 valence electrons. The van der Waals surface area contributed by atoms with Crippen LogP contribution in [0.25, 0.3) is 0 Å². The number of aryl methyl sites for hydroxylation is 1. The lowest BCUT2D eigenvalue weighted by Gasteiger charge is -2.35. The summed E-state index contributed by atoms with van der Waals surface area (Å²) in [5.74, 6) is 1.99. The minimum atomic E-state index is 0.908. The molecule has 0 aliphatic carbocycles. The van der Waals surface area contributed by atoms with Crippen LogP contribution in [0.2, 0.25) is 0 Å². The fourth-order valence-corrected chi connectivity index (χ4v) is 3.64. The summed E-state index contributed by atoms with van der Waals surface area (Å²) in [5.41, 5.74) is 2.34. The minimum absolute atomic E-state index is 0.908. The summed E-state index contributed by atoms with van der Waals surface area (Å²) in [5, 5.41) is 0. The molecule has 2 aliphatic rings. The van der Waals surface area contributed by atoms with Gasteiger partial charge in [0.2, 0.25) is 5.95 Å². The highest BCUT2D eigenvalue weighted by Gasteiger charge is 2.21. The summed E-state index contributed by atoms with van der Waals surface area (Å²) < 4.78 is 0. The van der Waals surface area contributed by atoms with E-state index in [4.69, 9.17) is 4.98 Å². The highest BCUT2D eigenvalue weighted by atomic mass is 15.3. The van der Waals surface area contributed by atoms with Gasteiger partial charge in [-0.15, -0.1) is 0 Å². The van der Waals surface area contributed by atoms with Crippen molar-refractivity contribution in [2.45, 2.75) is 26.3 Å². The van der Waals surface area contributed by atoms with Gasteiger partial charge in [-0.2, -0.15) is 4.98 Å². The molecule has 0 bridgehead atoms. The molecule has 0 spiro atoms. The summed E-state index contributed by atoms with van der Waals surface area (Å²) in [6, 6.07) is 6.28. The van der Waals surface area contributed by atoms with E-state index in [1.807, 2.05) is 18.5 Å². The first-order valence-electron chi connectivity index (χ1n) is 9.25. The third-order valence-corrected chi connectivity index (χ3v) is 5.04. The van der Waals surface area contributed by atoms with E-state index in [1.54, 1.807) is 0 Å². The molecule has 2 aliphatic heterocycles. The van der Waals surface area contributed by atoms with Crippen molar-refractivity contribution in [3.05, 3.63) is 41.9 Å². The number of piperazine rings is 1. The van der Waals surface area contributed by atoms with Gasteiger partial charge in [0.25, 0.3) is 0 Å². The van der Waals surface area contributed by atoms with Crippen LogP contribution in [-0.2, 0) is 6.54 Å². The van der Waals surface area contributed by atoms with Crippen molar-refractivity contribution in [3.63, 3.8) is 0 Å². The molecule has 25 heavy (non-hydrogen) atoms. The largest absolute Gasteiger partial charge is 0.354 e. The molecule has 0 N–H and O–H groups in total. The number of rotatable bonds is 4. The highest BCUT2D eigenvalue weighted by Crippen LogP contribution is 2.22. The van der Waals surface area contributed by atoms with E-state index in [9.17, 15) is 0 Å². The van der Waals surface area contributed by atoms with Crippen LogP contribution in [0.15, 0.2) is 30.6 Å². The van der Waals surface area contributed by atoms with Crippen LogP contribution in [0.4, 0.5) is 11.8 Å². The van der Waals surface area contributed by atoms with E-state index in [2.05, 4.69) is 43.7 Å². The lowest BCUT2D eigenvalue weighted by molar-refractivity contribution is 0.249. The second-order valence-corrected chi connectivity index (χ2v) is 6.99. The maximum Gasteiger partial charge on any atom is 0.227 e. The van der Waals surface area contributed by atoms with Crippen LogP contribution < -0.4 is 9.80 Å². The van der Waals surface area contributed by atoms with Crippen LogP contribution in [0, 0.1) is 6.92 Å². The van der Waals surface area contributed by atoms with E-state index < -0.39 is 0 Å². The van der Waals surface area contributed by atoms with Gasteiger partial charge in [0.15, 0.2) is 0 Å². The Morgan fingerprint density at radius 2 is 1.76 bits per heavy atom. The topological polar surface area (TPSA) is 48.4 Å². The first-order chi connectivity index (χ1) is 12.3. The summed E-state index contributed by atoms with van der Waals surface area (Å²) >= 11 is 0. The van der Waals surface area contributed by atoms with Crippen molar-refractivity contribution < 1.29 is 0 Å². The van der Waals surface area contributed by atoms with Crippen LogP contribution in [0.3, 0.4) is 0 Å². The molecular formula is C19H26N6. The molecule has 2 aromatic heterocycles. The monoisotopic (exact) mass is 338 g/mol. The van der Waals surface area contributed by atoms with Gasteiger partial charge < -0.3 is 9.80 Å². The normalized spacial score (nSPS) is 18.8. The Balaban J connectivity index is 1.40. The molecule has 0 unspecified atom stereocenters. The van der Waals surface area contributed by atoms with Crippen molar-refractivity contribution in [3.8, 4) is 0 Å². The van der Waals surface area contributed by atoms with Gasteiger partial charge in [0.05, 0.1) is 0 Å². The van der Waals surface area contributed by atoms with E-state index in [0.29, 0.717) is 0 Å². The van der Waals surface area contributed by atoms with Gasteiger partial charge in [-0.1, -0.05) is 6.07 Å². The predicted molar refractivity (Wildman–Crippen MR) is 99.9 cm³/mol.